The Morgan fingerprint density at radius 3 is 2.86 bits per heavy atom. The number of pyridine rings is 1. The van der Waals surface area contributed by atoms with Crippen LogP contribution in [0.5, 0.6) is 5.88 Å². The summed E-state index contributed by atoms with van der Waals surface area (Å²) in [7, 11) is 1.64. The largest absolute Gasteiger partial charge is 0.481 e. The van der Waals surface area contributed by atoms with Gasteiger partial charge in [-0.25, -0.2) is 4.98 Å². The van der Waals surface area contributed by atoms with Crippen LogP contribution >= 0.6 is 15.9 Å². The predicted molar refractivity (Wildman–Crippen MR) is 60.7 cm³/mol. The summed E-state index contributed by atoms with van der Waals surface area (Å²) in [5.74, 6) is 0.665. The summed E-state index contributed by atoms with van der Waals surface area (Å²) in [5.41, 5.74) is 1.15. The minimum Gasteiger partial charge on any atom is -0.481 e. The molecular weight excluding hydrogens is 242 g/mol. The van der Waals surface area contributed by atoms with E-state index in [-0.39, 0.29) is 0 Å². The van der Waals surface area contributed by atoms with Crippen LogP contribution in [0.15, 0.2) is 28.9 Å². The normalized spacial score (nSPS) is 10.5. The van der Waals surface area contributed by atoms with Crippen LogP contribution in [0, 0.1) is 6.92 Å². The molecule has 14 heavy (non-hydrogen) atoms. The quantitative estimate of drug-likeness (QED) is 0.776. The number of halogens is 1. The number of rotatable bonds is 1. The van der Waals surface area contributed by atoms with E-state index in [1.807, 2.05) is 25.3 Å². The number of ether oxygens (including phenoxy) is 1. The van der Waals surface area contributed by atoms with Gasteiger partial charge in [-0.05, 0) is 39.9 Å². The molecule has 0 spiro atoms. The molecule has 0 atom stereocenters. The molecule has 0 fully saturated rings. The molecule has 0 saturated carbocycles. The van der Waals surface area contributed by atoms with Crippen LogP contribution in [0.3, 0.4) is 0 Å². The average Bonchev–Trinajstić information content (AvgIpc) is 2.20. The summed E-state index contributed by atoms with van der Waals surface area (Å²) in [6, 6.07) is 6.07. The van der Waals surface area contributed by atoms with Crippen molar-refractivity contribution in [2.75, 3.05) is 7.11 Å². The summed E-state index contributed by atoms with van der Waals surface area (Å²) in [6.07, 6.45) is 1.83. The first-order valence-electron chi connectivity index (χ1n) is 4.32. The minimum atomic E-state index is 0.665. The zero-order valence-electron chi connectivity index (χ0n) is 8.04. The molecule has 3 heteroatoms. The van der Waals surface area contributed by atoms with Gasteiger partial charge in [-0.15, -0.1) is 0 Å². The second kappa shape index (κ2) is 3.58. The first-order valence-corrected chi connectivity index (χ1v) is 5.11. The molecule has 0 bridgehead atoms. The zero-order chi connectivity index (χ0) is 10.1. The number of methoxy groups -OCH3 is 1. The molecule has 0 radical (unpaired) electrons. The van der Waals surface area contributed by atoms with Crippen LogP contribution in [-0.2, 0) is 0 Å². The maximum absolute atomic E-state index is 5.22. The van der Waals surface area contributed by atoms with E-state index in [0.29, 0.717) is 5.88 Å². The lowest BCUT2D eigenvalue weighted by atomic mass is 10.1. The van der Waals surface area contributed by atoms with Gasteiger partial charge in [-0.1, -0.05) is 12.1 Å². The van der Waals surface area contributed by atoms with Crippen molar-refractivity contribution >= 4 is 26.7 Å². The summed E-state index contributed by atoms with van der Waals surface area (Å²) in [5, 5.41) is 2.21. The molecule has 0 amide bonds. The van der Waals surface area contributed by atoms with Gasteiger partial charge < -0.3 is 4.74 Å². The summed E-state index contributed by atoms with van der Waals surface area (Å²) < 4.78 is 6.24. The third kappa shape index (κ3) is 1.38. The fourth-order valence-electron chi connectivity index (χ4n) is 1.51. The first kappa shape index (κ1) is 9.46. The lowest BCUT2D eigenvalue weighted by molar-refractivity contribution is 0.403. The Hall–Kier alpha value is -1.09. The van der Waals surface area contributed by atoms with Crippen LogP contribution in [0.25, 0.3) is 10.8 Å². The van der Waals surface area contributed by atoms with Crippen LogP contribution in [0.2, 0.25) is 0 Å². The van der Waals surface area contributed by atoms with Crippen LogP contribution < -0.4 is 4.74 Å². The van der Waals surface area contributed by atoms with Gasteiger partial charge in [-0.3, -0.25) is 0 Å². The molecule has 2 nitrogen and oxygen atoms in total. The summed E-state index contributed by atoms with van der Waals surface area (Å²) >= 11 is 3.50. The van der Waals surface area contributed by atoms with Gasteiger partial charge in [0.05, 0.1) is 12.5 Å². The predicted octanol–water partition coefficient (Wildman–Crippen LogP) is 3.31. The van der Waals surface area contributed by atoms with Gasteiger partial charge >= 0.3 is 0 Å². The lowest BCUT2D eigenvalue weighted by Gasteiger charge is -2.07. The van der Waals surface area contributed by atoms with Crippen molar-refractivity contribution in [3.05, 3.63) is 34.4 Å². The molecule has 0 saturated heterocycles. The molecule has 0 aliphatic heterocycles. The lowest BCUT2D eigenvalue weighted by Crippen LogP contribution is -1.91. The highest BCUT2D eigenvalue weighted by Gasteiger charge is 2.07. The van der Waals surface area contributed by atoms with Crippen LogP contribution in [0.4, 0.5) is 0 Å². The molecule has 1 aromatic carbocycles. The van der Waals surface area contributed by atoms with E-state index in [1.165, 1.54) is 5.39 Å². The number of aryl methyl sites for hydroxylation is 1. The van der Waals surface area contributed by atoms with E-state index in [0.717, 1.165) is 15.4 Å². The van der Waals surface area contributed by atoms with Crippen molar-refractivity contribution in [3.8, 4) is 5.88 Å². The molecule has 1 aromatic heterocycles. The van der Waals surface area contributed by atoms with Crippen LogP contribution in [-0.4, -0.2) is 12.1 Å². The Kier molecular flexibility index (Phi) is 2.42. The minimum absolute atomic E-state index is 0.665. The Morgan fingerprint density at radius 2 is 2.14 bits per heavy atom. The van der Waals surface area contributed by atoms with Crippen molar-refractivity contribution < 1.29 is 4.74 Å². The van der Waals surface area contributed by atoms with Crippen molar-refractivity contribution in [1.29, 1.82) is 0 Å². The maximum atomic E-state index is 5.22. The summed E-state index contributed by atoms with van der Waals surface area (Å²) in [6.45, 7) is 2.04. The second-order valence-corrected chi connectivity index (χ2v) is 3.97. The van der Waals surface area contributed by atoms with E-state index in [1.54, 1.807) is 7.11 Å². The number of hydrogen-bond acceptors (Lipinski definition) is 2. The third-order valence-corrected chi connectivity index (χ3v) is 2.88. The van der Waals surface area contributed by atoms with E-state index < -0.39 is 0 Å². The van der Waals surface area contributed by atoms with Gasteiger partial charge in [-0.2, -0.15) is 0 Å². The van der Waals surface area contributed by atoms with Crippen molar-refractivity contribution in [1.82, 2.24) is 4.98 Å². The SMILES string of the molecule is COc1ncc(C)c2cccc(Br)c12. The van der Waals surface area contributed by atoms with Gasteiger partial charge in [0.15, 0.2) is 0 Å². The Balaban J connectivity index is 2.92. The topological polar surface area (TPSA) is 22.1 Å². The Bertz CT molecular complexity index is 482. The van der Waals surface area contributed by atoms with Gasteiger partial charge in [0.25, 0.3) is 0 Å². The molecule has 1 heterocycles. The zero-order valence-corrected chi connectivity index (χ0v) is 9.63. The maximum Gasteiger partial charge on any atom is 0.222 e. The third-order valence-electron chi connectivity index (χ3n) is 2.22. The van der Waals surface area contributed by atoms with E-state index in [9.17, 15) is 0 Å². The first-order chi connectivity index (χ1) is 6.74. The van der Waals surface area contributed by atoms with Crippen molar-refractivity contribution in [2.24, 2.45) is 0 Å². The molecule has 0 aliphatic carbocycles. The molecular formula is C11H10BrNO. The van der Waals surface area contributed by atoms with E-state index >= 15 is 0 Å². The van der Waals surface area contributed by atoms with Crippen molar-refractivity contribution in [3.63, 3.8) is 0 Å². The highest BCUT2D eigenvalue weighted by atomic mass is 79.9. The van der Waals surface area contributed by atoms with Gasteiger partial charge in [0.2, 0.25) is 5.88 Å². The number of benzene rings is 1. The standard InChI is InChI=1S/C11H10BrNO/c1-7-6-13-11(14-2)10-8(7)4-3-5-9(10)12/h3-6H,1-2H3. The molecule has 72 valence electrons. The van der Waals surface area contributed by atoms with E-state index in [4.69, 9.17) is 4.74 Å². The molecule has 0 unspecified atom stereocenters. The molecule has 2 aromatic rings. The van der Waals surface area contributed by atoms with E-state index in [2.05, 4.69) is 27.0 Å². The molecule has 0 N–H and O–H groups in total. The van der Waals surface area contributed by atoms with Crippen molar-refractivity contribution in [2.45, 2.75) is 6.92 Å². The second-order valence-electron chi connectivity index (χ2n) is 3.11. The number of fused-ring (bicyclic) bond motifs is 1. The van der Waals surface area contributed by atoms with Gasteiger partial charge in [0, 0.05) is 10.7 Å². The number of hydrogen-bond donors (Lipinski definition) is 0. The fourth-order valence-corrected chi connectivity index (χ4v) is 2.05. The monoisotopic (exact) mass is 251 g/mol. The van der Waals surface area contributed by atoms with Crippen LogP contribution in [0.1, 0.15) is 5.56 Å². The molecule has 0 aliphatic rings. The average molecular weight is 252 g/mol. The fraction of sp³-hybridized carbons (Fsp3) is 0.182. The Morgan fingerprint density at radius 1 is 1.36 bits per heavy atom. The number of nitrogens with zero attached hydrogens (tertiary/aromatic N) is 1. The smallest absolute Gasteiger partial charge is 0.222 e. The molecule has 2 rings (SSSR count). The van der Waals surface area contributed by atoms with Gasteiger partial charge in [0.1, 0.15) is 0 Å². The highest BCUT2D eigenvalue weighted by Crippen LogP contribution is 2.31. The number of aromatic nitrogens is 1. The summed E-state index contributed by atoms with van der Waals surface area (Å²) in [4.78, 5) is 4.23. The Labute approximate surface area is 91.0 Å². The highest BCUT2D eigenvalue weighted by molar-refractivity contribution is 9.10.